The Morgan fingerprint density at radius 3 is 2.42 bits per heavy atom. The van der Waals surface area contributed by atoms with E-state index in [-0.39, 0.29) is 11.7 Å². The van der Waals surface area contributed by atoms with E-state index >= 15 is 0 Å². The predicted octanol–water partition coefficient (Wildman–Crippen LogP) is 2.65. The summed E-state index contributed by atoms with van der Waals surface area (Å²) >= 11 is 0. The zero-order valence-electron chi connectivity index (χ0n) is 16.9. The zero-order valence-corrected chi connectivity index (χ0v) is 16.9. The number of hydrogen-bond acceptors (Lipinski definition) is 6. The number of allylic oxidation sites excluding steroid dienone is 1. The van der Waals surface area contributed by atoms with Crippen LogP contribution in [0, 0.1) is 0 Å². The molecule has 1 aliphatic carbocycles. The molecule has 26 heavy (non-hydrogen) atoms. The molecule has 0 saturated heterocycles. The molecule has 1 atom stereocenters. The van der Waals surface area contributed by atoms with Crippen molar-refractivity contribution in [1.82, 2.24) is 10.6 Å². The third-order valence-electron chi connectivity index (χ3n) is 4.60. The molecule has 1 saturated carbocycles. The monoisotopic (exact) mass is 366 g/mol. The highest BCUT2D eigenvalue weighted by Gasteiger charge is 2.18. The lowest BCUT2D eigenvalue weighted by Gasteiger charge is -2.28. The largest absolute Gasteiger partial charge is 0.459 e. The zero-order chi connectivity index (χ0) is 19.5. The summed E-state index contributed by atoms with van der Waals surface area (Å²) in [5.41, 5.74) is 12.6. The fourth-order valence-corrected chi connectivity index (χ4v) is 3.24. The lowest BCUT2D eigenvalue weighted by atomic mass is 9.94. The normalized spacial score (nSPS) is 18.4. The van der Waals surface area contributed by atoms with Crippen molar-refractivity contribution in [2.24, 2.45) is 11.5 Å². The van der Waals surface area contributed by atoms with Crippen LogP contribution in [0.4, 0.5) is 0 Å². The van der Waals surface area contributed by atoms with Crippen molar-refractivity contribution in [1.29, 1.82) is 0 Å². The number of nitrogens with one attached hydrogen (secondary N) is 2. The molecule has 6 heteroatoms. The van der Waals surface area contributed by atoms with E-state index in [1.165, 1.54) is 32.1 Å². The lowest BCUT2D eigenvalue weighted by Crippen LogP contribution is -2.41. The van der Waals surface area contributed by atoms with E-state index in [0.717, 1.165) is 12.8 Å². The van der Waals surface area contributed by atoms with E-state index in [9.17, 15) is 4.79 Å². The van der Waals surface area contributed by atoms with Crippen LogP contribution in [0.15, 0.2) is 23.2 Å². The number of carbonyl (C=O) groups excluding carboxylic acids is 1. The van der Waals surface area contributed by atoms with E-state index in [4.69, 9.17) is 16.2 Å². The van der Waals surface area contributed by atoms with Crippen molar-refractivity contribution in [2.45, 2.75) is 90.8 Å². The summed E-state index contributed by atoms with van der Waals surface area (Å²) in [4.78, 5) is 12.2. The Morgan fingerprint density at radius 1 is 1.23 bits per heavy atom. The van der Waals surface area contributed by atoms with Gasteiger partial charge in [-0.25, -0.2) is 4.79 Å². The molecule has 0 radical (unpaired) electrons. The maximum Gasteiger partial charge on any atom is 0.342 e. The van der Waals surface area contributed by atoms with Crippen molar-refractivity contribution in [3.05, 3.63) is 23.2 Å². The van der Waals surface area contributed by atoms with Gasteiger partial charge in [-0.3, -0.25) is 0 Å². The highest BCUT2D eigenvalue weighted by Crippen LogP contribution is 2.18. The molecule has 0 heterocycles. The Labute approximate surface area is 158 Å². The summed E-state index contributed by atoms with van der Waals surface area (Å²) in [7, 11) is 0. The molecule has 6 nitrogen and oxygen atoms in total. The smallest absolute Gasteiger partial charge is 0.342 e. The second-order valence-electron chi connectivity index (χ2n) is 7.49. The van der Waals surface area contributed by atoms with Crippen LogP contribution in [-0.4, -0.2) is 30.7 Å². The SMILES string of the molecule is CCC(CCN/C(N)=C(/C=C(/C)N)C(=O)OC(C)C)NC1CCCCC1. The minimum atomic E-state index is -0.456. The summed E-state index contributed by atoms with van der Waals surface area (Å²) in [6.07, 6.45) is 9.95. The van der Waals surface area contributed by atoms with Crippen LogP contribution in [-0.2, 0) is 9.53 Å². The summed E-state index contributed by atoms with van der Waals surface area (Å²) in [5, 5.41) is 6.93. The molecule has 1 rings (SSSR count). The third kappa shape index (κ3) is 8.61. The Kier molecular flexibility index (Phi) is 10.2. The summed E-state index contributed by atoms with van der Waals surface area (Å²) in [6.45, 7) is 8.23. The number of carbonyl (C=O) groups is 1. The molecule has 0 bridgehead atoms. The van der Waals surface area contributed by atoms with Gasteiger partial charge in [0, 0.05) is 24.3 Å². The van der Waals surface area contributed by atoms with Gasteiger partial charge in [-0.1, -0.05) is 26.2 Å². The minimum absolute atomic E-state index is 0.207. The second-order valence-corrected chi connectivity index (χ2v) is 7.49. The molecule has 1 unspecified atom stereocenters. The Balaban J connectivity index is 2.60. The first kappa shape index (κ1) is 22.4. The van der Waals surface area contributed by atoms with Crippen LogP contribution in [0.25, 0.3) is 0 Å². The number of hydrogen-bond donors (Lipinski definition) is 4. The van der Waals surface area contributed by atoms with Crippen molar-refractivity contribution in [3.63, 3.8) is 0 Å². The van der Waals surface area contributed by atoms with E-state index < -0.39 is 5.97 Å². The number of ether oxygens (including phenoxy) is 1. The average molecular weight is 367 g/mol. The molecule has 1 fully saturated rings. The van der Waals surface area contributed by atoms with E-state index in [0.29, 0.717) is 30.1 Å². The van der Waals surface area contributed by atoms with Crippen molar-refractivity contribution >= 4 is 5.97 Å². The molecule has 0 aromatic heterocycles. The molecule has 150 valence electrons. The van der Waals surface area contributed by atoms with Gasteiger partial charge in [0.2, 0.25) is 0 Å². The van der Waals surface area contributed by atoms with Crippen LogP contribution in [0.1, 0.15) is 72.6 Å². The van der Waals surface area contributed by atoms with Gasteiger partial charge in [-0.15, -0.1) is 0 Å². The number of nitrogens with two attached hydrogens (primary N) is 2. The number of rotatable bonds is 10. The molecule has 0 aromatic rings. The van der Waals surface area contributed by atoms with Gasteiger partial charge in [-0.2, -0.15) is 0 Å². The lowest BCUT2D eigenvalue weighted by molar-refractivity contribution is -0.142. The molecule has 1 aliphatic rings. The second kappa shape index (κ2) is 11.8. The van der Waals surface area contributed by atoms with Gasteiger partial charge < -0.3 is 26.8 Å². The highest BCUT2D eigenvalue weighted by atomic mass is 16.5. The fraction of sp³-hybridized carbons (Fsp3) is 0.750. The highest BCUT2D eigenvalue weighted by molar-refractivity contribution is 5.92. The molecule has 0 aromatic carbocycles. The maximum atomic E-state index is 12.2. The Bertz CT molecular complexity index is 490. The van der Waals surface area contributed by atoms with Crippen molar-refractivity contribution < 1.29 is 9.53 Å². The standard InChI is InChI=1S/C20H38N4O2/c1-5-16(24-17-9-7-6-8-10-17)11-12-23-19(22)18(13-15(4)21)20(25)26-14(2)3/h13-14,16-17,23-24H,5-12,21-22H2,1-4H3/b15-13-,19-18-. The van der Waals surface area contributed by atoms with Crippen LogP contribution in [0.3, 0.4) is 0 Å². The minimum Gasteiger partial charge on any atom is -0.459 e. The quantitative estimate of drug-likeness (QED) is 0.269. The first-order valence-electron chi connectivity index (χ1n) is 9.97. The molecule has 0 spiro atoms. The molecule has 0 aliphatic heterocycles. The van der Waals surface area contributed by atoms with Gasteiger partial charge in [0.05, 0.1) is 6.10 Å². The van der Waals surface area contributed by atoms with Gasteiger partial charge in [0.15, 0.2) is 0 Å². The van der Waals surface area contributed by atoms with Gasteiger partial charge in [0.25, 0.3) is 0 Å². The van der Waals surface area contributed by atoms with Crippen LogP contribution < -0.4 is 22.1 Å². The summed E-state index contributed by atoms with van der Waals surface area (Å²) in [6, 6.07) is 1.09. The summed E-state index contributed by atoms with van der Waals surface area (Å²) in [5.74, 6) is -0.143. The van der Waals surface area contributed by atoms with E-state index in [1.54, 1.807) is 26.8 Å². The molecular weight excluding hydrogens is 328 g/mol. The van der Waals surface area contributed by atoms with Crippen LogP contribution >= 0.6 is 0 Å². The van der Waals surface area contributed by atoms with Crippen molar-refractivity contribution in [3.8, 4) is 0 Å². The van der Waals surface area contributed by atoms with Gasteiger partial charge in [-0.05, 0) is 52.5 Å². The van der Waals surface area contributed by atoms with Gasteiger partial charge >= 0.3 is 5.97 Å². The summed E-state index contributed by atoms with van der Waals surface area (Å²) < 4.78 is 5.25. The first-order chi connectivity index (χ1) is 12.3. The molecule has 0 amide bonds. The molecular formula is C20H38N4O2. The topological polar surface area (TPSA) is 102 Å². The average Bonchev–Trinajstić information content (AvgIpc) is 2.58. The first-order valence-corrected chi connectivity index (χ1v) is 9.97. The number of esters is 1. The van der Waals surface area contributed by atoms with E-state index in [2.05, 4.69) is 17.6 Å². The van der Waals surface area contributed by atoms with Crippen LogP contribution in [0.2, 0.25) is 0 Å². The third-order valence-corrected chi connectivity index (χ3v) is 4.60. The molecule has 6 N–H and O–H groups in total. The van der Waals surface area contributed by atoms with Crippen LogP contribution in [0.5, 0.6) is 0 Å². The fourth-order valence-electron chi connectivity index (χ4n) is 3.24. The van der Waals surface area contributed by atoms with Crippen molar-refractivity contribution in [2.75, 3.05) is 6.54 Å². The van der Waals surface area contributed by atoms with Gasteiger partial charge in [0.1, 0.15) is 11.4 Å². The van der Waals surface area contributed by atoms with E-state index in [1.807, 2.05) is 0 Å². The Morgan fingerprint density at radius 2 is 1.88 bits per heavy atom. The maximum absolute atomic E-state index is 12.2. The predicted molar refractivity (Wildman–Crippen MR) is 107 cm³/mol. The Hall–Kier alpha value is -1.69.